The van der Waals surface area contributed by atoms with Gasteiger partial charge in [0, 0.05) is 18.0 Å². The number of aryl methyl sites for hydroxylation is 1. The molecule has 0 bridgehead atoms. The average Bonchev–Trinajstić information content (AvgIpc) is 2.88. The lowest BCUT2D eigenvalue weighted by molar-refractivity contribution is 0.168. The Bertz CT molecular complexity index is 763. The van der Waals surface area contributed by atoms with Gasteiger partial charge in [-0.25, -0.2) is 14.4 Å². The quantitative estimate of drug-likeness (QED) is 0.175. The second kappa shape index (κ2) is 18.3. The lowest BCUT2D eigenvalue weighted by Gasteiger charge is -2.15. The van der Waals surface area contributed by atoms with E-state index in [1.807, 2.05) is 36.7 Å². The fourth-order valence-corrected chi connectivity index (χ4v) is 4.51. The summed E-state index contributed by atoms with van der Waals surface area (Å²) in [7, 11) is 0. The Morgan fingerprint density at radius 1 is 0.771 bits per heavy atom. The van der Waals surface area contributed by atoms with Crippen molar-refractivity contribution in [1.82, 2.24) is 9.97 Å². The number of unbranched alkanes of at least 4 members (excludes halogenated alkanes) is 10. The second-order valence-electron chi connectivity index (χ2n) is 10.3. The number of benzene rings is 1. The van der Waals surface area contributed by atoms with Gasteiger partial charge < -0.3 is 4.74 Å². The standard InChI is InChI=1S/C31H49FN2O/c1-4-6-8-9-10-11-12-13-14-15-17-27-23-33-31(34-24-27)28-18-20-30(21-19-28)35-25-29(32)22-26(3)16-7-5-2/h18-21,23-24,26,29H,4-17,22,25H2,1-3H3. The molecule has 196 valence electrons. The van der Waals surface area contributed by atoms with Crippen molar-refractivity contribution in [3.8, 4) is 17.1 Å². The van der Waals surface area contributed by atoms with Crippen LogP contribution in [0.2, 0.25) is 0 Å². The highest BCUT2D eigenvalue weighted by Crippen LogP contribution is 2.21. The van der Waals surface area contributed by atoms with Crippen LogP contribution in [0.3, 0.4) is 0 Å². The summed E-state index contributed by atoms with van der Waals surface area (Å²) in [5.74, 6) is 1.81. The third-order valence-electron chi connectivity index (χ3n) is 6.78. The van der Waals surface area contributed by atoms with Crippen LogP contribution in [0, 0.1) is 5.92 Å². The highest BCUT2D eigenvalue weighted by molar-refractivity contribution is 5.55. The molecule has 0 saturated carbocycles. The van der Waals surface area contributed by atoms with Gasteiger partial charge in [-0.1, -0.05) is 97.8 Å². The minimum absolute atomic E-state index is 0.111. The van der Waals surface area contributed by atoms with Crippen molar-refractivity contribution in [2.45, 2.75) is 123 Å². The number of nitrogens with zero attached hydrogens (tertiary/aromatic N) is 2. The van der Waals surface area contributed by atoms with Gasteiger partial charge in [0.05, 0.1) is 0 Å². The van der Waals surface area contributed by atoms with E-state index >= 15 is 0 Å². The van der Waals surface area contributed by atoms with Crippen LogP contribution in [-0.4, -0.2) is 22.7 Å². The third kappa shape index (κ3) is 13.1. The van der Waals surface area contributed by atoms with E-state index < -0.39 is 6.17 Å². The molecule has 0 aliphatic rings. The predicted molar refractivity (Wildman–Crippen MR) is 147 cm³/mol. The van der Waals surface area contributed by atoms with E-state index in [0.717, 1.165) is 30.7 Å². The molecule has 4 heteroatoms. The minimum atomic E-state index is -0.923. The molecule has 2 rings (SSSR count). The molecule has 0 aliphatic heterocycles. The van der Waals surface area contributed by atoms with Crippen molar-refractivity contribution in [2.75, 3.05) is 6.61 Å². The highest BCUT2D eigenvalue weighted by atomic mass is 19.1. The Labute approximate surface area is 214 Å². The first-order valence-corrected chi connectivity index (χ1v) is 14.3. The number of hydrogen-bond donors (Lipinski definition) is 0. The molecule has 35 heavy (non-hydrogen) atoms. The number of ether oxygens (including phenoxy) is 1. The Kier molecular flexibility index (Phi) is 15.3. The summed E-state index contributed by atoms with van der Waals surface area (Å²) >= 11 is 0. The zero-order valence-electron chi connectivity index (χ0n) is 22.6. The largest absolute Gasteiger partial charge is 0.491 e. The SMILES string of the molecule is CCCCCCCCCCCCc1cnc(-c2ccc(OCC(F)CC(C)CCCC)cc2)nc1. The molecule has 0 spiro atoms. The van der Waals surface area contributed by atoms with Gasteiger partial charge >= 0.3 is 0 Å². The molecule has 0 fully saturated rings. The molecular weight excluding hydrogens is 435 g/mol. The maximum absolute atomic E-state index is 14.2. The number of aromatic nitrogens is 2. The first-order valence-electron chi connectivity index (χ1n) is 14.3. The van der Waals surface area contributed by atoms with Crippen molar-refractivity contribution >= 4 is 0 Å². The van der Waals surface area contributed by atoms with Gasteiger partial charge in [0.1, 0.15) is 18.5 Å². The molecular formula is C31H49FN2O. The normalized spacial score (nSPS) is 13.0. The van der Waals surface area contributed by atoms with E-state index in [1.54, 1.807) is 0 Å². The zero-order chi connectivity index (χ0) is 25.1. The van der Waals surface area contributed by atoms with E-state index in [-0.39, 0.29) is 6.61 Å². The molecule has 3 nitrogen and oxygen atoms in total. The maximum atomic E-state index is 14.2. The highest BCUT2D eigenvalue weighted by Gasteiger charge is 2.13. The number of halogens is 1. The summed E-state index contributed by atoms with van der Waals surface area (Å²) in [6.07, 6.45) is 21.5. The van der Waals surface area contributed by atoms with Crippen LogP contribution in [0.5, 0.6) is 5.75 Å². The Morgan fingerprint density at radius 3 is 1.94 bits per heavy atom. The van der Waals surface area contributed by atoms with E-state index in [2.05, 4.69) is 30.7 Å². The van der Waals surface area contributed by atoms with Crippen molar-refractivity contribution in [1.29, 1.82) is 0 Å². The summed E-state index contributed by atoms with van der Waals surface area (Å²) in [6.45, 7) is 6.68. The molecule has 0 radical (unpaired) electrons. The van der Waals surface area contributed by atoms with Gasteiger partial charge in [0.25, 0.3) is 0 Å². The molecule has 2 unspecified atom stereocenters. The zero-order valence-corrected chi connectivity index (χ0v) is 22.6. The van der Waals surface area contributed by atoms with E-state index in [4.69, 9.17) is 4.74 Å². The fraction of sp³-hybridized carbons (Fsp3) is 0.677. The van der Waals surface area contributed by atoms with Crippen LogP contribution < -0.4 is 4.74 Å². The Balaban J connectivity index is 1.64. The van der Waals surface area contributed by atoms with Crippen LogP contribution in [0.1, 0.15) is 116 Å². The third-order valence-corrected chi connectivity index (χ3v) is 6.78. The number of alkyl halides is 1. The minimum Gasteiger partial charge on any atom is -0.491 e. The smallest absolute Gasteiger partial charge is 0.159 e. The van der Waals surface area contributed by atoms with Gasteiger partial charge in [-0.3, -0.25) is 0 Å². The summed E-state index contributed by atoms with van der Waals surface area (Å²) in [5.41, 5.74) is 2.16. The maximum Gasteiger partial charge on any atom is 0.159 e. The lowest BCUT2D eigenvalue weighted by atomic mass is 9.98. The van der Waals surface area contributed by atoms with Gasteiger partial charge in [0.2, 0.25) is 0 Å². The predicted octanol–water partition coefficient (Wildman–Crippen LogP) is 9.54. The molecule has 1 aromatic carbocycles. The second-order valence-corrected chi connectivity index (χ2v) is 10.3. The molecule has 0 amide bonds. The summed E-state index contributed by atoms with van der Waals surface area (Å²) in [5, 5.41) is 0. The Morgan fingerprint density at radius 2 is 1.34 bits per heavy atom. The summed E-state index contributed by atoms with van der Waals surface area (Å²) in [4.78, 5) is 9.12. The number of hydrogen-bond acceptors (Lipinski definition) is 3. The lowest BCUT2D eigenvalue weighted by Crippen LogP contribution is -2.16. The van der Waals surface area contributed by atoms with Crippen molar-refractivity contribution in [2.24, 2.45) is 5.92 Å². The topological polar surface area (TPSA) is 35.0 Å². The van der Waals surface area contributed by atoms with Crippen molar-refractivity contribution in [3.05, 3.63) is 42.2 Å². The van der Waals surface area contributed by atoms with Gasteiger partial charge in [-0.05, 0) is 55.0 Å². The monoisotopic (exact) mass is 484 g/mol. The Hall–Kier alpha value is -1.97. The first kappa shape index (κ1) is 29.3. The van der Waals surface area contributed by atoms with Gasteiger partial charge in [-0.15, -0.1) is 0 Å². The van der Waals surface area contributed by atoms with Crippen molar-refractivity contribution in [3.63, 3.8) is 0 Å². The molecule has 1 aromatic heterocycles. The summed E-state index contributed by atoms with van der Waals surface area (Å²) in [6, 6.07) is 7.65. The van der Waals surface area contributed by atoms with E-state index in [0.29, 0.717) is 18.1 Å². The van der Waals surface area contributed by atoms with Gasteiger partial charge in [0.15, 0.2) is 5.82 Å². The van der Waals surface area contributed by atoms with Crippen LogP contribution in [-0.2, 0) is 6.42 Å². The molecule has 2 aromatic rings. The van der Waals surface area contributed by atoms with Crippen molar-refractivity contribution < 1.29 is 9.13 Å². The molecule has 0 saturated heterocycles. The van der Waals surface area contributed by atoms with Crippen LogP contribution in [0.4, 0.5) is 4.39 Å². The molecule has 2 atom stereocenters. The molecule has 0 N–H and O–H groups in total. The molecule has 0 aliphatic carbocycles. The van der Waals surface area contributed by atoms with Gasteiger partial charge in [-0.2, -0.15) is 0 Å². The fourth-order valence-electron chi connectivity index (χ4n) is 4.51. The van der Waals surface area contributed by atoms with Crippen LogP contribution in [0.25, 0.3) is 11.4 Å². The van der Waals surface area contributed by atoms with E-state index in [9.17, 15) is 4.39 Å². The first-order chi connectivity index (χ1) is 17.1. The average molecular weight is 485 g/mol. The summed E-state index contributed by atoms with van der Waals surface area (Å²) < 4.78 is 19.9. The molecule has 1 heterocycles. The number of rotatable bonds is 20. The van der Waals surface area contributed by atoms with E-state index in [1.165, 1.54) is 76.2 Å². The van der Waals surface area contributed by atoms with Crippen LogP contribution in [0.15, 0.2) is 36.7 Å². The van der Waals surface area contributed by atoms with Crippen LogP contribution >= 0.6 is 0 Å².